The molecule has 12 heavy (non-hydrogen) atoms. The van der Waals surface area contributed by atoms with Gasteiger partial charge in [0.1, 0.15) is 0 Å². The largest absolute Gasteiger partial charge is 0.388 e. The van der Waals surface area contributed by atoms with Gasteiger partial charge >= 0.3 is 0 Å². The van der Waals surface area contributed by atoms with E-state index >= 15 is 0 Å². The summed E-state index contributed by atoms with van der Waals surface area (Å²) < 4.78 is 0. The average molecular weight is 164 g/mol. The summed E-state index contributed by atoms with van der Waals surface area (Å²) in [5, 5.41) is 2.94. The van der Waals surface area contributed by atoms with Gasteiger partial charge in [-0.3, -0.25) is 4.79 Å². The summed E-state index contributed by atoms with van der Waals surface area (Å²) in [5.41, 5.74) is 7.54. The number of amides is 1. The van der Waals surface area contributed by atoms with Gasteiger partial charge in [-0.25, -0.2) is 0 Å². The van der Waals surface area contributed by atoms with E-state index in [1.54, 1.807) is 13.1 Å². The van der Waals surface area contributed by atoms with E-state index in [2.05, 4.69) is 5.32 Å². The van der Waals surface area contributed by atoms with Gasteiger partial charge in [0.15, 0.2) is 0 Å². The number of carbonyl (C=O) groups is 1. The molecule has 64 valence electrons. The highest BCUT2D eigenvalue weighted by atomic mass is 16.1. The Balaban J connectivity index is 3.17. The molecule has 0 saturated heterocycles. The molecule has 0 bridgehead atoms. The van der Waals surface area contributed by atoms with E-state index in [9.17, 15) is 4.79 Å². The van der Waals surface area contributed by atoms with Crippen molar-refractivity contribution in [2.24, 2.45) is 5.73 Å². The van der Waals surface area contributed by atoms with E-state index in [4.69, 9.17) is 5.73 Å². The molecule has 3 heteroatoms. The van der Waals surface area contributed by atoms with Crippen LogP contribution in [-0.4, -0.2) is 13.0 Å². The molecule has 0 radical (unpaired) electrons. The Morgan fingerprint density at radius 3 is 2.67 bits per heavy atom. The molecular formula is C9H12N2O. The Kier molecular flexibility index (Phi) is 2.33. The number of anilines is 1. The van der Waals surface area contributed by atoms with Crippen LogP contribution < -0.4 is 11.1 Å². The van der Waals surface area contributed by atoms with Gasteiger partial charge in [-0.15, -0.1) is 0 Å². The summed E-state index contributed by atoms with van der Waals surface area (Å²) >= 11 is 0. The van der Waals surface area contributed by atoms with Gasteiger partial charge in [0, 0.05) is 18.3 Å². The van der Waals surface area contributed by atoms with Gasteiger partial charge in [0.25, 0.3) is 0 Å². The van der Waals surface area contributed by atoms with Crippen molar-refractivity contribution < 1.29 is 4.79 Å². The number of primary amides is 1. The number of benzene rings is 1. The summed E-state index contributed by atoms with van der Waals surface area (Å²) in [7, 11) is 1.80. The number of hydrogen-bond donors (Lipinski definition) is 2. The lowest BCUT2D eigenvalue weighted by Crippen LogP contribution is -2.12. The van der Waals surface area contributed by atoms with Crippen molar-refractivity contribution in [1.82, 2.24) is 0 Å². The molecule has 3 N–H and O–H groups in total. The number of carbonyl (C=O) groups excluding carboxylic acids is 1. The van der Waals surface area contributed by atoms with Crippen molar-refractivity contribution in [2.75, 3.05) is 12.4 Å². The van der Waals surface area contributed by atoms with Crippen LogP contribution in [0.1, 0.15) is 15.9 Å². The fraction of sp³-hybridized carbons (Fsp3) is 0.222. The van der Waals surface area contributed by atoms with E-state index in [0.717, 1.165) is 11.3 Å². The maximum atomic E-state index is 10.9. The van der Waals surface area contributed by atoms with E-state index < -0.39 is 0 Å². The molecule has 0 saturated carbocycles. The van der Waals surface area contributed by atoms with Gasteiger partial charge < -0.3 is 11.1 Å². The third-order valence-electron chi connectivity index (χ3n) is 1.79. The van der Waals surface area contributed by atoms with Crippen LogP contribution in [0.15, 0.2) is 18.2 Å². The minimum absolute atomic E-state index is 0.385. The summed E-state index contributed by atoms with van der Waals surface area (Å²) in [6, 6.07) is 5.52. The normalized spacial score (nSPS) is 9.50. The van der Waals surface area contributed by atoms with Crippen molar-refractivity contribution in [3.05, 3.63) is 29.3 Å². The molecule has 0 atom stereocenters. The standard InChI is InChI=1S/C9H12N2O/c1-6-3-4-7(11-2)5-8(6)9(10)12/h3-5,11H,1-2H3,(H2,10,12). The lowest BCUT2D eigenvalue weighted by molar-refractivity contribution is 0.1000. The molecule has 0 aliphatic rings. The van der Waals surface area contributed by atoms with Gasteiger partial charge in [-0.2, -0.15) is 0 Å². The maximum absolute atomic E-state index is 10.9. The second-order valence-corrected chi connectivity index (χ2v) is 2.64. The fourth-order valence-corrected chi connectivity index (χ4v) is 1.04. The maximum Gasteiger partial charge on any atom is 0.249 e. The van der Waals surface area contributed by atoms with E-state index in [-0.39, 0.29) is 5.91 Å². The second kappa shape index (κ2) is 3.26. The number of nitrogens with two attached hydrogens (primary N) is 1. The van der Waals surface area contributed by atoms with Gasteiger partial charge in [-0.1, -0.05) is 6.07 Å². The SMILES string of the molecule is CNc1ccc(C)c(C(N)=O)c1. The zero-order valence-electron chi connectivity index (χ0n) is 7.22. The van der Waals surface area contributed by atoms with E-state index in [1.165, 1.54) is 0 Å². The molecule has 0 aliphatic carbocycles. The van der Waals surface area contributed by atoms with Crippen LogP contribution >= 0.6 is 0 Å². The Bertz CT molecular complexity index is 307. The van der Waals surface area contributed by atoms with Crippen molar-refractivity contribution in [2.45, 2.75) is 6.92 Å². The van der Waals surface area contributed by atoms with Crippen LogP contribution in [0.5, 0.6) is 0 Å². The third-order valence-corrected chi connectivity index (χ3v) is 1.79. The lowest BCUT2D eigenvalue weighted by Gasteiger charge is -2.04. The Hall–Kier alpha value is -1.51. The van der Waals surface area contributed by atoms with Crippen molar-refractivity contribution in [3.8, 4) is 0 Å². The minimum atomic E-state index is -0.385. The molecule has 3 nitrogen and oxygen atoms in total. The summed E-state index contributed by atoms with van der Waals surface area (Å²) in [5.74, 6) is -0.385. The molecule has 0 aliphatic heterocycles. The summed E-state index contributed by atoms with van der Waals surface area (Å²) in [6.45, 7) is 1.86. The molecule has 1 amide bonds. The van der Waals surface area contributed by atoms with Gasteiger partial charge in [0.05, 0.1) is 0 Å². The van der Waals surface area contributed by atoms with Crippen LogP contribution in [0, 0.1) is 6.92 Å². The highest BCUT2D eigenvalue weighted by Gasteiger charge is 2.04. The number of rotatable bonds is 2. The highest BCUT2D eigenvalue weighted by molar-refractivity contribution is 5.95. The average Bonchev–Trinajstić information content (AvgIpc) is 2.05. The Labute approximate surface area is 71.6 Å². The second-order valence-electron chi connectivity index (χ2n) is 2.64. The topological polar surface area (TPSA) is 55.1 Å². The molecule has 0 heterocycles. The molecule has 1 rings (SSSR count). The minimum Gasteiger partial charge on any atom is -0.388 e. The lowest BCUT2D eigenvalue weighted by atomic mass is 10.1. The van der Waals surface area contributed by atoms with E-state index in [0.29, 0.717) is 5.56 Å². The van der Waals surface area contributed by atoms with Crippen LogP contribution in [0.2, 0.25) is 0 Å². The molecular weight excluding hydrogens is 152 g/mol. The monoisotopic (exact) mass is 164 g/mol. The predicted octanol–water partition coefficient (Wildman–Crippen LogP) is 1.14. The first-order valence-corrected chi connectivity index (χ1v) is 3.73. The van der Waals surface area contributed by atoms with Crippen LogP contribution in [0.3, 0.4) is 0 Å². The van der Waals surface area contributed by atoms with Crippen molar-refractivity contribution in [1.29, 1.82) is 0 Å². The van der Waals surface area contributed by atoms with Crippen LogP contribution in [0.4, 0.5) is 5.69 Å². The smallest absolute Gasteiger partial charge is 0.249 e. The molecule has 1 aromatic carbocycles. The number of hydrogen-bond acceptors (Lipinski definition) is 2. The summed E-state index contributed by atoms with van der Waals surface area (Å²) in [4.78, 5) is 10.9. The molecule has 0 unspecified atom stereocenters. The zero-order valence-corrected chi connectivity index (χ0v) is 7.22. The number of aryl methyl sites for hydroxylation is 1. The van der Waals surface area contributed by atoms with Gasteiger partial charge in [0.2, 0.25) is 5.91 Å². The Morgan fingerprint density at radius 1 is 1.50 bits per heavy atom. The Morgan fingerprint density at radius 2 is 2.17 bits per heavy atom. The van der Waals surface area contributed by atoms with Crippen LogP contribution in [0.25, 0.3) is 0 Å². The predicted molar refractivity (Wildman–Crippen MR) is 49.2 cm³/mol. The van der Waals surface area contributed by atoms with Gasteiger partial charge in [-0.05, 0) is 24.6 Å². The molecule has 0 spiro atoms. The van der Waals surface area contributed by atoms with Crippen molar-refractivity contribution in [3.63, 3.8) is 0 Å². The fourth-order valence-electron chi connectivity index (χ4n) is 1.04. The number of nitrogens with one attached hydrogen (secondary N) is 1. The van der Waals surface area contributed by atoms with E-state index in [1.807, 2.05) is 19.1 Å². The van der Waals surface area contributed by atoms with Crippen LogP contribution in [-0.2, 0) is 0 Å². The molecule has 0 fully saturated rings. The molecule has 1 aromatic rings. The zero-order chi connectivity index (χ0) is 9.14. The first-order valence-electron chi connectivity index (χ1n) is 3.73. The quantitative estimate of drug-likeness (QED) is 0.688. The first kappa shape index (κ1) is 8.59. The summed E-state index contributed by atoms with van der Waals surface area (Å²) in [6.07, 6.45) is 0. The van der Waals surface area contributed by atoms with Crippen molar-refractivity contribution >= 4 is 11.6 Å². The first-order chi connectivity index (χ1) is 5.65. The highest BCUT2D eigenvalue weighted by Crippen LogP contribution is 2.13. The third kappa shape index (κ3) is 1.56. The molecule has 0 aromatic heterocycles.